The minimum absolute atomic E-state index is 0.296. The molecule has 1 aliphatic heterocycles. The summed E-state index contributed by atoms with van der Waals surface area (Å²) in [7, 11) is 0. The standard InChI is InChI=1S/C19H17N3O3/c23-19(24)16-10-15-18(21-11-20-15)17(22-16)12-5-4-8-14(9-12)25-13-6-2-1-3-7-13/h1-9,11,16-17,22H,10H2,(H,20,21)(H,23,24). The second-order valence-corrected chi connectivity index (χ2v) is 5.95. The average Bonchev–Trinajstić information content (AvgIpc) is 3.10. The maximum Gasteiger partial charge on any atom is 0.321 e. The molecule has 1 aliphatic rings. The van der Waals surface area contributed by atoms with Crippen LogP contribution in [0.2, 0.25) is 0 Å². The topological polar surface area (TPSA) is 87.2 Å². The molecule has 0 amide bonds. The van der Waals surface area contributed by atoms with Gasteiger partial charge in [0.15, 0.2) is 0 Å². The minimum atomic E-state index is -0.873. The van der Waals surface area contributed by atoms with E-state index in [9.17, 15) is 9.90 Å². The fourth-order valence-electron chi connectivity index (χ4n) is 3.08. The number of imidazole rings is 1. The van der Waals surface area contributed by atoms with E-state index in [4.69, 9.17) is 4.74 Å². The highest BCUT2D eigenvalue weighted by Gasteiger charge is 2.33. The zero-order valence-electron chi connectivity index (χ0n) is 13.3. The van der Waals surface area contributed by atoms with Gasteiger partial charge < -0.3 is 14.8 Å². The zero-order chi connectivity index (χ0) is 17.2. The predicted octanol–water partition coefficient (Wildman–Crippen LogP) is 2.89. The number of hydrogen-bond acceptors (Lipinski definition) is 4. The molecule has 2 aromatic carbocycles. The number of carboxylic acid groups (broad SMARTS) is 1. The molecular formula is C19H17N3O3. The van der Waals surface area contributed by atoms with Crippen LogP contribution in [0.5, 0.6) is 11.5 Å². The summed E-state index contributed by atoms with van der Waals surface area (Å²) in [5.74, 6) is 0.571. The van der Waals surface area contributed by atoms with Crippen molar-refractivity contribution < 1.29 is 14.6 Å². The van der Waals surface area contributed by atoms with Crippen molar-refractivity contribution in [2.24, 2.45) is 0 Å². The Morgan fingerprint density at radius 1 is 1.12 bits per heavy atom. The molecular weight excluding hydrogens is 318 g/mol. The van der Waals surface area contributed by atoms with Crippen molar-refractivity contribution in [1.82, 2.24) is 15.3 Å². The van der Waals surface area contributed by atoms with E-state index in [1.165, 1.54) is 0 Å². The Balaban J connectivity index is 1.65. The molecule has 2 unspecified atom stereocenters. The summed E-state index contributed by atoms with van der Waals surface area (Å²) in [4.78, 5) is 18.9. The molecule has 2 heterocycles. The maximum atomic E-state index is 11.4. The average molecular weight is 335 g/mol. The number of aromatic nitrogens is 2. The van der Waals surface area contributed by atoms with Gasteiger partial charge in [0.2, 0.25) is 0 Å². The minimum Gasteiger partial charge on any atom is -0.480 e. The molecule has 25 heavy (non-hydrogen) atoms. The first-order valence-electron chi connectivity index (χ1n) is 8.04. The van der Waals surface area contributed by atoms with Crippen LogP contribution in [0.1, 0.15) is 23.0 Å². The number of hydrogen-bond donors (Lipinski definition) is 3. The monoisotopic (exact) mass is 335 g/mol. The molecule has 0 fully saturated rings. The lowest BCUT2D eigenvalue weighted by molar-refractivity contribution is -0.139. The van der Waals surface area contributed by atoms with Crippen LogP contribution in [0.25, 0.3) is 0 Å². The molecule has 0 saturated heterocycles. The Morgan fingerprint density at radius 2 is 1.92 bits per heavy atom. The number of H-pyrrole nitrogens is 1. The third-order valence-electron chi connectivity index (χ3n) is 4.27. The third kappa shape index (κ3) is 3.12. The van der Waals surface area contributed by atoms with Gasteiger partial charge in [-0.3, -0.25) is 10.1 Å². The van der Waals surface area contributed by atoms with E-state index in [2.05, 4.69) is 15.3 Å². The van der Waals surface area contributed by atoms with Gasteiger partial charge in [-0.2, -0.15) is 0 Å². The van der Waals surface area contributed by atoms with Gasteiger partial charge in [-0.15, -0.1) is 0 Å². The fourth-order valence-corrected chi connectivity index (χ4v) is 3.08. The van der Waals surface area contributed by atoms with E-state index in [-0.39, 0.29) is 6.04 Å². The first-order chi connectivity index (χ1) is 12.2. The molecule has 0 spiro atoms. The molecule has 0 aliphatic carbocycles. The van der Waals surface area contributed by atoms with Gasteiger partial charge in [-0.05, 0) is 29.8 Å². The van der Waals surface area contributed by atoms with Crippen LogP contribution in [0.15, 0.2) is 60.9 Å². The van der Waals surface area contributed by atoms with Crippen molar-refractivity contribution in [2.45, 2.75) is 18.5 Å². The van der Waals surface area contributed by atoms with Gasteiger partial charge >= 0.3 is 5.97 Å². The van der Waals surface area contributed by atoms with E-state index in [1.54, 1.807) is 6.33 Å². The SMILES string of the molecule is O=C(O)C1Cc2[nH]cnc2C(c2cccc(Oc3ccccc3)c2)N1. The van der Waals surface area contributed by atoms with Crippen molar-refractivity contribution in [1.29, 1.82) is 0 Å². The van der Waals surface area contributed by atoms with Gasteiger partial charge in [-0.1, -0.05) is 30.3 Å². The van der Waals surface area contributed by atoms with Gasteiger partial charge in [0.05, 0.1) is 18.1 Å². The van der Waals surface area contributed by atoms with E-state index in [0.29, 0.717) is 12.2 Å². The number of para-hydroxylation sites is 1. The van der Waals surface area contributed by atoms with Crippen LogP contribution >= 0.6 is 0 Å². The smallest absolute Gasteiger partial charge is 0.321 e. The summed E-state index contributed by atoms with van der Waals surface area (Å²) in [5, 5.41) is 12.6. The summed E-state index contributed by atoms with van der Waals surface area (Å²) in [5.41, 5.74) is 2.59. The number of aromatic amines is 1. The molecule has 4 rings (SSSR count). The highest BCUT2D eigenvalue weighted by Crippen LogP contribution is 2.31. The molecule has 0 bridgehead atoms. The highest BCUT2D eigenvalue weighted by atomic mass is 16.5. The molecule has 2 atom stereocenters. The first-order valence-corrected chi connectivity index (χ1v) is 8.04. The molecule has 6 heteroatoms. The molecule has 1 aromatic heterocycles. The van der Waals surface area contributed by atoms with Crippen molar-refractivity contribution in [3.8, 4) is 11.5 Å². The predicted molar refractivity (Wildman–Crippen MR) is 91.7 cm³/mol. The van der Waals surface area contributed by atoms with Gasteiger partial charge in [0.25, 0.3) is 0 Å². The lowest BCUT2D eigenvalue weighted by atomic mass is 9.94. The van der Waals surface area contributed by atoms with Gasteiger partial charge in [-0.25, -0.2) is 4.98 Å². The number of ether oxygens (including phenoxy) is 1. The Bertz CT molecular complexity index is 892. The van der Waals surface area contributed by atoms with E-state index < -0.39 is 12.0 Å². The molecule has 0 radical (unpaired) electrons. The third-order valence-corrected chi connectivity index (χ3v) is 4.27. The molecule has 3 N–H and O–H groups in total. The largest absolute Gasteiger partial charge is 0.480 e. The summed E-state index contributed by atoms with van der Waals surface area (Å²) >= 11 is 0. The number of benzene rings is 2. The number of fused-ring (bicyclic) bond motifs is 1. The molecule has 126 valence electrons. The second-order valence-electron chi connectivity index (χ2n) is 5.95. The van der Waals surface area contributed by atoms with Crippen molar-refractivity contribution in [3.05, 3.63) is 77.9 Å². The Hall–Kier alpha value is -3.12. The number of carboxylic acids is 1. The van der Waals surface area contributed by atoms with Crippen LogP contribution in [-0.2, 0) is 11.2 Å². The number of aliphatic carboxylic acids is 1. The van der Waals surface area contributed by atoms with Crippen molar-refractivity contribution >= 4 is 5.97 Å². The van der Waals surface area contributed by atoms with Crippen LogP contribution in [-0.4, -0.2) is 27.1 Å². The molecule has 3 aromatic rings. The van der Waals surface area contributed by atoms with Crippen LogP contribution in [0, 0.1) is 0 Å². The number of nitrogens with one attached hydrogen (secondary N) is 2. The lowest BCUT2D eigenvalue weighted by Gasteiger charge is -2.28. The Kier molecular flexibility index (Phi) is 3.95. The van der Waals surface area contributed by atoms with Crippen LogP contribution in [0.4, 0.5) is 0 Å². The normalized spacial score (nSPS) is 19.2. The summed E-state index contributed by atoms with van der Waals surface area (Å²) in [6, 6.07) is 16.2. The van der Waals surface area contributed by atoms with E-state index in [1.807, 2.05) is 54.6 Å². The Morgan fingerprint density at radius 3 is 2.72 bits per heavy atom. The number of nitrogens with zero attached hydrogens (tertiary/aromatic N) is 1. The first kappa shape index (κ1) is 15.4. The highest BCUT2D eigenvalue weighted by molar-refractivity contribution is 5.74. The Labute approximate surface area is 144 Å². The van der Waals surface area contributed by atoms with Gasteiger partial charge in [0.1, 0.15) is 17.5 Å². The van der Waals surface area contributed by atoms with E-state index >= 15 is 0 Å². The summed E-state index contributed by atoms with van der Waals surface area (Å²) in [6.07, 6.45) is 2.00. The fraction of sp³-hybridized carbons (Fsp3) is 0.158. The quantitative estimate of drug-likeness (QED) is 0.682. The maximum absolute atomic E-state index is 11.4. The molecule has 6 nitrogen and oxygen atoms in total. The lowest BCUT2D eigenvalue weighted by Crippen LogP contribution is -2.45. The van der Waals surface area contributed by atoms with Crippen molar-refractivity contribution in [3.63, 3.8) is 0 Å². The van der Waals surface area contributed by atoms with Crippen LogP contribution < -0.4 is 10.1 Å². The summed E-state index contributed by atoms with van der Waals surface area (Å²) < 4.78 is 5.88. The van der Waals surface area contributed by atoms with Gasteiger partial charge in [0, 0.05) is 12.1 Å². The molecule has 0 saturated carbocycles. The summed E-state index contributed by atoms with van der Waals surface area (Å²) in [6.45, 7) is 0. The van der Waals surface area contributed by atoms with E-state index in [0.717, 1.165) is 22.7 Å². The second kappa shape index (κ2) is 6.41. The number of carbonyl (C=O) groups is 1. The van der Waals surface area contributed by atoms with Crippen LogP contribution in [0.3, 0.4) is 0 Å². The van der Waals surface area contributed by atoms with Crippen molar-refractivity contribution in [2.75, 3.05) is 0 Å². The number of rotatable bonds is 4. The zero-order valence-corrected chi connectivity index (χ0v) is 13.3.